The second-order valence-electron chi connectivity index (χ2n) is 8.97. The fourth-order valence-corrected chi connectivity index (χ4v) is 4.31. The summed E-state index contributed by atoms with van der Waals surface area (Å²) < 4.78 is 3.66. The van der Waals surface area contributed by atoms with Crippen molar-refractivity contribution in [2.24, 2.45) is 7.05 Å². The Morgan fingerprint density at radius 1 is 1.28 bits per heavy atom. The molecule has 1 atom stereocenters. The maximum Gasteiger partial charge on any atom is 0.272 e. The first kappa shape index (κ1) is 19.6. The number of fused-ring (bicyclic) bond motifs is 1. The number of carbonyl (C=O) groups excluding carboxylic acids is 1. The molecule has 1 aliphatic heterocycles. The summed E-state index contributed by atoms with van der Waals surface area (Å²) in [6.45, 7) is 11.3. The Morgan fingerprint density at radius 3 is 2.69 bits per heavy atom. The third-order valence-corrected chi connectivity index (χ3v) is 5.93. The maximum absolute atomic E-state index is 13.5. The molecule has 0 spiro atoms. The van der Waals surface area contributed by atoms with Gasteiger partial charge >= 0.3 is 0 Å². The number of nitrogens with zero attached hydrogens (tertiary/aromatic N) is 6. The zero-order valence-electron chi connectivity index (χ0n) is 18.2. The summed E-state index contributed by atoms with van der Waals surface area (Å²) in [5.41, 5.74) is 5.46. The molecule has 0 saturated carbocycles. The van der Waals surface area contributed by atoms with Gasteiger partial charge in [0.25, 0.3) is 5.91 Å². The van der Waals surface area contributed by atoms with E-state index in [1.165, 1.54) is 0 Å². The van der Waals surface area contributed by atoms with Crippen LogP contribution in [-0.4, -0.2) is 41.7 Å². The molecule has 1 aliphatic rings. The number of amides is 1. The minimum Gasteiger partial charge on any atom is -0.329 e. The number of hydrogen-bond donors (Lipinski definition) is 0. The van der Waals surface area contributed by atoms with E-state index in [0.29, 0.717) is 5.69 Å². The Hall–Kier alpha value is -2.70. The number of hydrogen-bond acceptors (Lipinski definition) is 4. The molecule has 0 aromatic carbocycles. The number of carbonyl (C=O) groups is 1. The van der Waals surface area contributed by atoms with Gasteiger partial charge in [0.15, 0.2) is 5.65 Å². The van der Waals surface area contributed by atoms with Crippen LogP contribution < -0.4 is 0 Å². The van der Waals surface area contributed by atoms with E-state index >= 15 is 0 Å². The molecule has 1 amide bonds. The topological polar surface area (TPSA) is 68.3 Å². The van der Waals surface area contributed by atoms with E-state index in [0.717, 1.165) is 54.1 Å². The fraction of sp³-hybridized carbons (Fsp3) is 0.545. The molecule has 154 valence electrons. The molecule has 0 N–H and O–H groups in total. The SMILES string of the molecule is CCc1nn(C)c(C(=O)N2CCC[C@@H]2c2ccnc3cc(C(C)(C)C)nn23)c1C. The lowest BCUT2D eigenvalue weighted by Gasteiger charge is -2.25. The molecule has 0 unspecified atom stereocenters. The van der Waals surface area contributed by atoms with Crippen molar-refractivity contribution >= 4 is 11.6 Å². The van der Waals surface area contributed by atoms with Gasteiger partial charge < -0.3 is 4.90 Å². The summed E-state index contributed by atoms with van der Waals surface area (Å²) in [5, 5.41) is 9.39. The van der Waals surface area contributed by atoms with Gasteiger partial charge in [-0.15, -0.1) is 0 Å². The van der Waals surface area contributed by atoms with Crippen LogP contribution in [0.3, 0.4) is 0 Å². The molecule has 4 heterocycles. The van der Waals surface area contributed by atoms with Gasteiger partial charge in [0, 0.05) is 36.8 Å². The predicted octanol–water partition coefficient (Wildman–Crippen LogP) is 3.61. The smallest absolute Gasteiger partial charge is 0.272 e. The van der Waals surface area contributed by atoms with E-state index in [4.69, 9.17) is 5.10 Å². The van der Waals surface area contributed by atoms with Gasteiger partial charge in [-0.1, -0.05) is 27.7 Å². The van der Waals surface area contributed by atoms with Crippen LogP contribution in [0.25, 0.3) is 5.65 Å². The van der Waals surface area contributed by atoms with Crippen LogP contribution in [0.2, 0.25) is 0 Å². The van der Waals surface area contributed by atoms with E-state index < -0.39 is 0 Å². The second-order valence-corrected chi connectivity index (χ2v) is 8.97. The van der Waals surface area contributed by atoms with E-state index in [9.17, 15) is 4.79 Å². The Bertz CT molecular complexity index is 1070. The van der Waals surface area contributed by atoms with Crippen molar-refractivity contribution in [3.8, 4) is 0 Å². The minimum atomic E-state index is -0.0570. The van der Waals surface area contributed by atoms with Crippen LogP contribution in [-0.2, 0) is 18.9 Å². The van der Waals surface area contributed by atoms with Crippen molar-refractivity contribution < 1.29 is 4.79 Å². The first-order chi connectivity index (χ1) is 13.7. The van der Waals surface area contributed by atoms with Gasteiger partial charge in [-0.3, -0.25) is 9.48 Å². The lowest BCUT2D eigenvalue weighted by atomic mass is 9.93. The van der Waals surface area contributed by atoms with E-state index in [2.05, 4.69) is 37.8 Å². The quantitative estimate of drug-likeness (QED) is 0.681. The van der Waals surface area contributed by atoms with E-state index in [-0.39, 0.29) is 17.4 Å². The number of aryl methyl sites for hydroxylation is 2. The average molecular weight is 395 g/mol. The molecule has 1 saturated heterocycles. The molecule has 7 nitrogen and oxygen atoms in total. The summed E-state index contributed by atoms with van der Waals surface area (Å²) in [7, 11) is 1.86. The van der Waals surface area contributed by atoms with Crippen molar-refractivity contribution in [2.75, 3.05) is 6.54 Å². The molecule has 1 fully saturated rings. The highest BCUT2D eigenvalue weighted by Crippen LogP contribution is 2.34. The van der Waals surface area contributed by atoms with Crippen molar-refractivity contribution in [1.82, 2.24) is 29.3 Å². The molecule has 0 bridgehead atoms. The minimum absolute atomic E-state index is 0.0138. The monoisotopic (exact) mass is 394 g/mol. The van der Waals surface area contributed by atoms with Crippen molar-refractivity contribution in [3.63, 3.8) is 0 Å². The van der Waals surface area contributed by atoms with E-state index in [1.807, 2.05) is 41.7 Å². The Balaban J connectivity index is 1.75. The molecule has 3 aromatic heterocycles. The van der Waals surface area contributed by atoms with Crippen molar-refractivity contribution in [2.45, 2.75) is 65.3 Å². The van der Waals surface area contributed by atoms with Crippen LogP contribution in [0, 0.1) is 6.92 Å². The first-order valence-corrected chi connectivity index (χ1v) is 10.4. The first-order valence-electron chi connectivity index (χ1n) is 10.4. The molecule has 7 heteroatoms. The molecule has 4 rings (SSSR count). The van der Waals surface area contributed by atoms with Crippen LogP contribution in [0.5, 0.6) is 0 Å². The lowest BCUT2D eigenvalue weighted by Crippen LogP contribution is -2.33. The van der Waals surface area contributed by atoms with Gasteiger partial charge in [-0.25, -0.2) is 9.50 Å². The zero-order chi connectivity index (χ0) is 20.9. The molecular formula is C22H30N6O. The summed E-state index contributed by atoms with van der Waals surface area (Å²) in [6, 6.07) is 4.03. The number of rotatable bonds is 3. The van der Waals surface area contributed by atoms with Crippen LogP contribution in [0.15, 0.2) is 18.3 Å². The molecular weight excluding hydrogens is 364 g/mol. The number of likely N-dealkylation sites (tertiary alicyclic amines) is 1. The largest absolute Gasteiger partial charge is 0.329 e. The van der Waals surface area contributed by atoms with Crippen LogP contribution in [0.4, 0.5) is 0 Å². The zero-order valence-corrected chi connectivity index (χ0v) is 18.2. The third-order valence-electron chi connectivity index (χ3n) is 5.93. The predicted molar refractivity (Wildman–Crippen MR) is 112 cm³/mol. The normalized spacial score (nSPS) is 17.4. The van der Waals surface area contributed by atoms with Gasteiger partial charge in [0.05, 0.1) is 23.1 Å². The highest BCUT2D eigenvalue weighted by atomic mass is 16.2. The lowest BCUT2D eigenvalue weighted by molar-refractivity contribution is 0.0719. The molecule has 3 aromatic rings. The van der Waals surface area contributed by atoms with Gasteiger partial charge in [0.1, 0.15) is 5.69 Å². The summed E-state index contributed by atoms with van der Waals surface area (Å²) >= 11 is 0. The van der Waals surface area contributed by atoms with E-state index in [1.54, 1.807) is 4.68 Å². The standard InChI is InChI=1S/C22H30N6O/c1-7-15-14(2)20(26(6)24-15)21(29)27-12-8-9-16(27)17-10-11-23-19-13-18(22(3,4)5)25-28(17)19/h10-11,13,16H,7-9,12H2,1-6H3/t16-/m1/s1. The summed E-state index contributed by atoms with van der Waals surface area (Å²) in [5.74, 6) is 0.0489. The molecule has 0 radical (unpaired) electrons. The molecule has 0 aliphatic carbocycles. The second kappa shape index (κ2) is 6.97. The highest BCUT2D eigenvalue weighted by molar-refractivity contribution is 5.94. The number of aromatic nitrogens is 5. The fourth-order valence-electron chi connectivity index (χ4n) is 4.31. The maximum atomic E-state index is 13.5. The Labute approximate surface area is 171 Å². The Morgan fingerprint density at radius 2 is 2.03 bits per heavy atom. The van der Waals surface area contributed by atoms with Gasteiger partial charge in [0.2, 0.25) is 0 Å². The van der Waals surface area contributed by atoms with Crippen LogP contribution >= 0.6 is 0 Å². The third kappa shape index (κ3) is 3.22. The Kier molecular flexibility index (Phi) is 4.71. The van der Waals surface area contributed by atoms with Gasteiger partial charge in [-0.2, -0.15) is 10.2 Å². The van der Waals surface area contributed by atoms with Gasteiger partial charge in [-0.05, 0) is 32.3 Å². The molecule has 29 heavy (non-hydrogen) atoms. The summed E-state index contributed by atoms with van der Waals surface area (Å²) in [6.07, 6.45) is 4.55. The van der Waals surface area contributed by atoms with Crippen molar-refractivity contribution in [1.29, 1.82) is 0 Å². The van der Waals surface area contributed by atoms with Crippen molar-refractivity contribution in [3.05, 3.63) is 46.7 Å². The average Bonchev–Trinajstić information content (AvgIpc) is 3.37. The van der Waals surface area contributed by atoms with Crippen LogP contribution in [0.1, 0.15) is 79.7 Å². The summed E-state index contributed by atoms with van der Waals surface area (Å²) in [4.78, 5) is 20.0. The highest BCUT2D eigenvalue weighted by Gasteiger charge is 2.35.